The van der Waals surface area contributed by atoms with Crippen molar-refractivity contribution in [2.24, 2.45) is 50.7 Å². The predicted octanol–water partition coefficient (Wildman–Crippen LogP) is 6.88. The van der Waals surface area contributed by atoms with Gasteiger partial charge in [0.2, 0.25) is 0 Å². The first-order valence-electron chi connectivity index (χ1n) is 17.5. The molecule has 5 aliphatic rings. The van der Waals surface area contributed by atoms with Gasteiger partial charge in [0.1, 0.15) is 6.10 Å². The number of hydrogen-bond acceptors (Lipinski definition) is 7. The Morgan fingerprint density at radius 1 is 0.778 bits per heavy atom. The van der Waals surface area contributed by atoms with Crippen LogP contribution in [0.4, 0.5) is 0 Å². The van der Waals surface area contributed by atoms with E-state index in [2.05, 4.69) is 48.5 Å². The number of carbonyl (C=O) groups excluding carboxylic acids is 1. The van der Waals surface area contributed by atoms with Crippen molar-refractivity contribution in [2.45, 2.75) is 137 Å². The molecule has 0 saturated heterocycles. The second kappa shape index (κ2) is 10.6. The molecule has 7 heteroatoms. The predicted molar refractivity (Wildman–Crippen MR) is 173 cm³/mol. The molecule has 6 rings (SSSR count). The first-order chi connectivity index (χ1) is 20.8. The third-order valence-electron chi connectivity index (χ3n) is 15.2. The van der Waals surface area contributed by atoms with E-state index in [0.717, 1.165) is 51.4 Å². The van der Waals surface area contributed by atoms with Crippen molar-refractivity contribution in [3.8, 4) is 11.5 Å². The number of carbonyl (C=O) groups is 1. The van der Waals surface area contributed by atoms with Gasteiger partial charge in [-0.25, -0.2) is 4.79 Å². The summed E-state index contributed by atoms with van der Waals surface area (Å²) in [5, 5.41) is 45.5. The summed E-state index contributed by atoms with van der Waals surface area (Å²) < 4.78 is 11.5. The Labute approximate surface area is 270 Å². The van der Waals surface area contributed by atoms with Crippen molar-refractivity contribution in [3.05, 3.63) is 23.8 Å². The van der Waals surface area contributed by atoms with E-state index in [9.17, 15) is 25.2 Å². The first-order valence-corrected chi connectivity index (χ1v) is 17.5. The van der Waals surface area contributed by atoms with Gasteiger partial charge < -0.3 is 29.9 Å². The molecule has 0 spiro atoms. The SMILES string of the molecule is COc1cc(C(=O)O[C@H]2CC[C@@]3(C)[C@@H](CC[C@@]4(C)C[C@@]5(O)[C@H](CC[C@@H]43)[C@@]3(C)CC[C@H](O)C(C)(C)[C@@H]3C[C@@H]5O)C2(C)C)ccc1O. The number of phenolic OH excluding ortho intramolecular Hbond substituents is 1. The molecule has 45 heavy (non-hydrogen) atoms. The highest BCUT2D eigenvalue weighted by Crippen LogP contribution is 2.72. The first kappa shape index (κ1) is 33.1. The number of rotatable bonds is 3. The topological polar surface area (TPSA) is 116 Å². The van der Waals surface area contributed by atoms with Gasteiger partial charge in [-0.1, -0.05) is 48.5 Å². The lowest BCUT2D eigenvalue weighted by atomic mass is 9.41. The number of ether oxygens (including phenoxy) is 2. The van der Waals surface area contributed by atoms with Gasteiger partial charge in [-0.2, -0.15) is 0 Å². The van der Waals surface area contributed by atoms with Crippen LogP contribution in [-0.2, 0) is 4.74 Å². The summed E-state index contributed by atoms with van der Waals surface area (Å²) >= 11 is 0. The van der Waals surface area contributed by atoms with Crippen molar-refractivity contribution in [2.75, 3.05) is 7.11 Å². The fourth-order valence-corrected chi connectivity index (χ4v) is 12.8. The fraction of sp³-hybridized carbons (Fsp3) is 0.816. The Bertz CT molecular complexity index is 1320. The van der Waals surface area contributed by atoms with E-state index in [0.29, 0.717) is 30.2 Å². The Kier molecular flexibility index (Phi) is 7.78. The molecule has 0 radical (unpaired) electrons. The normalized spacial score (nSPS) is 46.8. The highest BCUT2D eigenvalue weighted by molar-refractivity contribution is 5.90. The van der Waals surface area contributed by atoms with Gasteiger partial charge in [-0.05, 0) is 128 Å². The average molecular weight is 627 g/mol. The standard InChI is InChI=1S/C38H58O7/c1-33(2)28-20-30(41)38(43)21-35(5)16-13-25-34(3,4)31(45-32(42)22-9-10-23(39)24(19-22)44-8)15-18-36(25,6)26(35)11-12-27(38)37(28,7)17-14-29(33)40/h9-10,19,25-31,39-41,43H,11-18,20-21H2,1-8H3/t25-,26-,27+,28-,29-,30-,31-,35-,36-,37+,38+/m0/s1. The highest BCUT2D eigenvalue weighted by atomic mass is 16.5. The average Bonchev–Trinajstić information content (AvgIpc) is 3.09. The summed E-state index contributed by atoms with van der Waals surface area (Å²) in [5.41, 5.74) is -1.55. The molecule has 252 valence electrons. The number of hydrogen-bond donors (Lipinski definition) is 4. The molecular formula is C38H58O7. The monoisotopic (exact) mass is 626 g/mol. The number of phenols is 1. The fourth-order valence-electron chi connectivity index (χ4n) is 12.8. The molecule has 0 amide bonds. The summed E-state index contributed by atoms with van der Waals surface area (Å²) in [4.78, 5) is 13.3. The molecule has 5 fully saturated rings. The van der Waals surface area contributed by atoms with E-state index in [1.807, 2.05) is 0 Å². The molecule has 0 heterocycles. The molecule has 5 saturated carbocycles. The number of benzene rings is 1. The summed E-state index contributed by atoms with van der Waals surface area (Å²) in [6, 6.07) is 4.58. The molecule has 1 aromatic carbocycles. The molecular weight excluding hydrogens is 568 g/mol. The van der Waals surface area contributed by atoms with E-state index in [-0.39, 0.29) is 62.6 Å². The van der Waals surface area contributed by atoms with Crippen molar-refractivity contribution >= 4 is 5.97 Å². The zero-order valence-corrected chi connectivity index (χ0v) is 28.9. The van der Waals surface area contributed by atoms with Gasteiger partial charge in [0.15, 0.2) is 11.5 Å². The Morgan fingerprint density at radius 3 is 2.11 bits per heavy atom. The minimum Gasteiger partial charge on any atom is -0.504 e. The highest BCUT2D eigenvalue weighted by Gasteiger charge is 2.69. The molecule has 5 aliphatic carbocycles. The zero-order valence-electron chi connectivity index (χ0n) is 28.9. The van der Waals surface area contributed by atoms with Crippen LogP contribution in [0.25, 0.3) is 0 Å². The number of esters is 1. The van der Waals surface area contributed by atoms with Crippen LogP contribution in [0, 0.1) is 50.7 Å². The maximum atomic E-state index is 13.3. The summed E-state index contributed by atoms with van der Waals surface area (Å²) in [6.45, 7) is 16.0. The largest absolute Gasteiger partial charge is 0.504 e. The zero-order chi connectivity index (χ0) is 33.0. The summed E-state index contributed by atoms with van der Waals surface area (Å²) in [7, 11) is 1.47. The molecule has 4 N–H and O–H groups in total. The van der Waals surface area contributed by atoms with Crippen LogP contribution in [-0.4, -0.2) is 57.4 Å². The van der Waals surface area contributed by atoms with Crippen molar-refractivity contribution in [1.82, 2.24) is 0 Å². The van der Waals surface area contributed by atoms with Crippen LogP contribution in [0.2, 0.25) is 0 Å². The van der Waals surface area contributed by atoms with Crippen LogP contribution in [0.15, 0.2) is 18.2 Å². The minimum atomic E-state index is -1.14. The van der Waals surface area contributed by atoms with Crippen molar-refractivity contribution in [3.63, 3.8) is 0 Å². The van der Waals surface area contributed by atoms with E-state index < -0.39 is 17.7 Å². The molecule has 11 atom stereocenters. The molecule has 0 unspecified atom stereocenters. The number of aliphatic hydroxyl groups is 3. The number of aromatic hydroxyl groups is 1. The van der Waals surface area contributed by atoms with Crippen molar-refractivity contribution in [1.29, 1.82) is 0 Å². The number of fused-ring (bicyclic) bond motifs is 6. The van der Waals surface area contributed by atoms with Crippen LogP contribution < -0.4 is 4.74 Å². The summed E-state index contributed by atoms with van der Waals surface area (Å²) in [5.74, 6) is 0.713. The lowest BCUT2D eigenvalue weighted by Crippen LogP contribution is -2.67. The third kappa shape index (κ3) is 4.71. The molecule has 0 aromatic heterocycles. The molecule has 7 nitrogen and oxygen atoms in total. The van der Waals surface area contributed by atoms with Crippen LogP contribution in [0.3, 0.4) is 0 Å². The molecule has 1 aromatic rings. The maximum absolute atomic E-state index is 13.3. The Morgan fingerprint density at radius 2 is 1.42 bits per heavy atom. The van der Waals surface area contributed by atoms with Crippen molar-refractivity contribution < 1.29 is 34.7 Å². The van der Waals surface area contributed by atoms with Gasteiger partial charge in [0.05, 0.1) is 30.5 Å². The molecule has 0 aliphatic heterocycles. The van der Waals surface area contributed by atoms with Gasteiger partial charge in [0, 0.05) is 5.41 Å². The van der Waals surface area contributed by atoms with Crippen LogP contribution in [0.1, 0.15) is 123 Å². The lowest BCUT2D eigenvalue weighted by Gasteiger charge is -2.65. The van der Waals surface area contributed by atoms with Gasteiger partial charge in [-0.3, -0.25) is 0 Å². The smallest absolute Gasteiger partial charge is 0.338 e. The second-order valence-electron chi connectivity index (χ2n) is 17.9. The van der Waals surface area contributed by atoms with Gasteiger partial charge in [-0.15, -0.1) is 0 Å². The lowest BCUT2D eigenvalue weighted by molar-refractivity contribution is -0.252. The third-order valence-corrected chi connectivity index (χ3v) is 15.2. The summed E-state index contributed by atoms with van der Waals surface area (Å²) in [6.07, 6.45) is 6.96. The quantitative estimate of drug-likeness (QED) is 0.270. The van der Waals surface area contributed by atoms with Gasteiger partial charge in [0.25, 0.3) is 0 Å². The molecule has 0 bridgehead atoms. The van der Waals surface area contributed by atoms with Gasteiger partial charge >= 0.3 is 5.97 Å². The number of aliphatic hydroxyl groups excluding tert-OH is 2. The van der Waals surface area contributed by atoms with E-state index in [4.69, 9.17) is 9.47 Å². The maximum Gasteiger partial charge on any atom is 0.338 e. The number of methoxy groups -OCH3 is 1. The van der Waals surface area contributed by atoms with Crippen LogP contribution in [0.5, 0.6) is 11.5 Å². The Hall–Kier alpha value is -1.83. The van der Waals surface area contributed by atoms with E-state index >= 15 is 0 Å². The second-order valence-corrected chi connectivity index (χ2v) is 17.9. The minimum absolute atomic E-state index is 0.0113. The van der Waals surface area contributed by atoms with E-state index in [1.54, 1.807) is 6.07 Å². The van der Waals surface area contributed by atoms with E-state index in [1.165, 1.54) is 19.2 Å². The Balaban J connectivity index is 1.28. The van der Waals surface area contributed by atoms with Crippen LogP contribution >= 0.6 is 0 Å².